The number of hydrogen-bond donors (Lipinski definition) is 1. The summed E-state index contributed by atoms with van der Waals surface area (Å²) >= 11 is 5.88. The number of benzene rings is 1. The second-order valence-corrected chi connectivity index (χ2v) is 5.70. The summed E-state index contributed by atoms with van der Waals surface area (Å²) in [6.07, 6.45) is 4.02. The molecule has 1 unspecified atom stereocenters. The summed E-state index contributed by atoms with van der Waals surface area (Å²) in [4.78, 5) is 6.65. The van der Waals surface area contributed by atoms with Gasteiger partial charge in [-0.15, -0.1) is 0 Å². The predicted octanol–water partition coefficient (Wildman–Crippen LogP) is 2.92. The molecule has 0 radical (unpaired) electrons. The quantitative estimate of drug-likeness (QED) is 0.945. The van der Waals surface area contributed by atoms with E-state index in [2.05, 4.69) is 9.88 Å². The van der Waals surface area contributed by atoms with Crippen LogP contribution in [0.15, 0.2) is 34.9 Å². The van der Waals surface area contributed by atoms with Gasteiger partial charge in [0.05, 0.1) is 12.7 Å². The van der Waals surface area contributed by atoms with Crippen LogP contribution in [0, 0.1) is 0 Å². The van der Waals surface area contributed by atoms with Gasteiger partial charge in [0.15, 0.2) is 5.76 Å². The Balaban J connectivity index is 1.69. The Morgan fingerprint density at radius 2 is 2.15 bits per heavy atom. The highest BCUT2D eigenvalue weighted by Crippen LogP contribution is 2.23. The Labute approximate surface area is 123 Å². The van der Waals surface area contributed by atoms with Crippen molar-refractivity contribution in [2.75, 3.05) is 13.1 Å². The van der Waals surface area contributed by atoms with Crippen molar-refractivity contribution in [3.63, 3.8) is 0 Å². The number of halogens is 1. The molecule has 1 atom stereocenters. The average Bonchev–Trinajstić information content (AvgIpc) is 2.88. The van der Waals surface area contributed by atoms with Crippen LogP contribution in [-0.2, 0) is 6.54 Å². The smallest absolute Gasteiger partial charge is 0.209 e. The third-order valence-electron chi connectivity index (χ3n) is 3.58. The Morgan fingerprint density at radius 1 is 1.35 bits per heavy atom. The number of piperidine rings is 1. The first-order valence-electron chi connectivity index (χ1n) is 6.89. The van der Waals surface area contributed by atoms with E-state index in [0.717, 1.165) is 54.7 Å². The van der Waals surface area contributed by atoms with Crippen molar-refractivity contribution in [2.45, 2.75) is 25.4 Å². The largest absolute Gasteiger partial charge is 0.439 e. The molecule has 4 nitrogen and oxygen atoms in total. The van der Waals surface area contributed by atoms with Crippen LogP contribution in [0.2, 0.25) is 5.02 Å². The van der Waals surface area contributed by atoms with E-state index >= 15 is 0 Å². The highest BCUT2D eigenvalue weighted by atomic mass is 35.5. The van der Waals surface area contributed by atoms with Gasteiger partial charge in [-0.2, -0.15) is 0 Å². The van der Waals surface area contributed by atoms with E-state index in [-0.39, 0.29) is 6.04 Å². The molecule has 2 aromatic rings. The van der Waals surface area contributed by atoms with Crippen molar-refractivity contribution in [1.82, 2.24) is 9.88 Å². The lowest BCUT2D eigenvalue weighted by atomic mass is 10.1. The number of aromatic nitrogens is 1. The van der Waals surface area contributed by atoms with Gasteiger partial charge in [0.25, 0.3) is 0 Å². The van der Waals surface area contributed by atoms with Crippen LogP contribution in [0.4, 0.5) is 0 Å². The number of oxazole rings is 1. The molecule has 1 aliphatic heterocycles. The van der Waals surface area contributed by atoms with Gasteiger partial charge >= 0.3 is 0 Å². The normalized spacial score (nSPS) is 20.2. The molecule has 2 heterocycles. The van der Waals surface area contributed by atoms with Crippen LogP contribution in [0.3, 0.4) is 0 Å². The molecule has 0 bridgehead atoms. The van der Waals surface area contributed by atoms with E-state index < -0.39 is 0 Å². The van der Waals surface area contributed by atoms with Crippen molar-refractivity contribution < 1.29 is 4.42 Å². The molecule has 0 saturated carbocycles. The van der Waals surface area contributed by atoms with Gasteiger partial charge in [0, 0.05) is 23.2 Å². The van der Waals surface area contributed by atoms with Crippen molar-refractivity contribution in [2.24, 2.45) is 5.73 Å². The first-order valence-corrected chi connectivity index (χ1v) is 7.27. The fourth-order valence-corrected chi connectivity index (χ4v) is 2.68. The van der Waals surface area contributed by atoms with Crippen molar-refractivity contribution in [1.29, 1.82) is 0 Å². The SMILES string of the molecule is NC1CCCN(Cc2ncc(-c3ccc(Cl)cc3)o2)C1. The third kappa shape index (κ3) is 3.20. The van der Waals surface area contributed by atoms with Gasteiger partial charge in [-0.1, -0.05) is 11.6 Å². The van der Waals surface area contributed by atoms with Gasteiger partial charge < -0.3 is 10.2 Å². The van der Waals surface area contributed by atoms with E-state index in [1.54, 1.807) is 6.20 Å². The minimum Gasteiger partial charge on any atom is -0.439 e. The molecule has 0 amide bonds. The van der Waals surface area contributed by atoms with E-state index in [4.69, 9.17) is 21.8 Å². The molecule has 5 heteroatoms. The Hall–Kier alpha value is -1.36. The lowest BCUT2D eigenvalue weighted by Crippen LogP contribution is -2.42. The average molecular weight is 292 g/mol. The van der Waals surface area contributed by atoms with Crippen LogP contribution in [0.25, 0.3) is 11.3 Å². The molecule has 1 aliphatic rings. The number of hydrogen-bond acceptors (Lipinski definition) is 4. The fourth-order valence-electron chi connectivity index (χ4n) is 2.56. The van der Waals surface area contributed by atoms with Crippen molar-refractivity contribution >= 4 is 11.6 Å². The zero-order valence-electron chi connectivity index (χ0n) is 11.3. The van der Waals surface area contributed by atoms with E-state index in [1.807, 2.05) is 24.3 Å². The van der Waals surface area contributed by atoms with Crippen LogP contribution in [-0.4, -0.2) is 29.0 Å². The topological polar surface area (TPSA) is 55.3 Å². The number of nitrogens with zero attached hydrogens (tertiary/aromatic N) is 2. The fraction of sp³-hybridized carbons (Fsp3) is 0.400. The van der Waals surface area contributed by atoms with Gasteiger partial charge in [-0.3, -0.25) is 4.90 Å². The number of likely N-dealkylation sites (tertiary alicyclic amines) is 1. The highest BCUT2D eigenvalue weighted by molar-refractivity contribution is 6.30. The highest BCUT2D eigenvalue weighted by Gasteiger charge is 2.18. The Morgan fingerprint density at radius 3 is 2.90 bits per heavy atom. The monoisotopic (exact) mass is 291 g/mol. The van der Waals surface area contributed by atoms with Crippen LogP contribution >= 0.6 is 11.6 Å². The van der Waals surface area contributed by atoms with E-state index in [1.165, 1.54) is 0 Å². The van der Waals surface area contributed by atoms with E-state index in [0.29, 0.717) is 0 Å². The molecule has 1 aromatic carbocycles. The summed E-state index contributed by atoms with van der Waals surface area (Å²) in [5.41, 5.74) is 6.97. The molecule has 106 valence electrons. The summed E-state index contributed by atoms with van der Waals surface area (Å²) in [7, 11) is 0. The zero-order chi connectivity index (χ0) is 13.9. The lowest BCUT2D eigenvalue weighted by Gasteiger charge is -2.29. The predicted molar refractivity (Wildman–Crippen MR) is 79.4 cm³/mol. The van der Waals surface area contributed by atoms with Crippen molar-refractivity contribution in [3.8, 4) is 11.3 Å². The second kappa shape index (κ2) is 5.95. The molecular formula is C15H18ClN3O. The molecule has 1 saturated heterocycles. The molecule has 2 N–H and O–H groups in total. The molecule has 20 heavy (non-hydrogen) atoms. The second-order valence-electron chi connectivity index (χ2n) is 5.26. The first-order chi connectivity index (χ1) is 9.70. The maximum atomic E-state index is 5.98. The lowest BCUT2D eigenvalue weighted by molar-refractivity contribution is 0.185. The first kappa shape index (κ1) is 13.6. The van der Waals surface area contributed by atoms with Gasteiger partial charge in [0.1, 0.15) is 0 Å². The zero-order valence-corrected chi connectivity index (χ0v) is 12.0. The molecule has 3 rings (SSSR count). The maximum absolute atomic E-state index is 5.98. The number of rotatable bonds is 3. The van der Waals surface area contributed by atoms with E-state index in [9.17, 15) is 0 Å². The maximum Gasteiger partial charge on any atom is 0.209 e. The molecule has 1 fully saturated rings. The molecule has 0 aliphatic carbocycles. The van der Waals surface area contributed by atoms with Gasteiger partial charge in [-0.25, -0.2) is 4.98 Å². The van der Waals surface area contributed by atoms with Crippen LogP contribution in [0.1, 0.15) is 18.7 Å². The summed E-state index contributed by atoms with van der Waals surface area (Å²) in [6, 6.07) is 7.84. The summed E-state index contributed by atoms with van der Waals surface area (Å²) in [5, 5.41) is 0.718. The third-order valence-corrected chi connectivity index (χ3v) is 3.84. The van der Waals surface area contributed by atoms with Gasteiger partial charge in [-0.05, 0) is 43.7 Å². The Bertz CT molecular complexity index is 567. The summed E-state index contributed by atoms with van der Waals surface area (Å²) < 4.78 is 5.81. The summed E-state index contributed by atoms with van der Waals surface area (Å²) in [5.74, 6) is 1.52. The Kier molecular flexibility index (Phi) is 4.05. The van der Waals surface area contributed by atoms with Gasteiger partial charge in [0.2, 0.25) is 5.89 Å². The molecular weight excluding hydrogens is 274 g/mol. The van der Waals surface area contributed by atoms with Crippen LogP contribution < -0.4 is 5.73 Å². The molecule has 1 aromatic heterocycles. The van der Waals surface area contributed by atoms with Crippen LogP contribution in [0.5, 0.6) is 0 Å². The number of nitrogens with two attached hydrogens (primary N) is 1. The minimum absolute atomic E-state index is 0.273. The standard InChI is InChI=1S/C15H18ClN3O/c16-12-5-3-11(4-6-12)14-8-18-15(20-14)10-19-7-1-2-13(17)9-19/h3-6,8,13H,1-2,7,9-10,17H2. The minimum atomic E-state index is 0.273. The molecule has 0 spiro atoms. The van der Waals surface area contributed by atoms with Crippen molar-refractivity contribution in [3.05, 3.63) is 41.4 Å². The summed E-state index contributed by atoms with van der Waals surface area (Å²) in [6.45, 7) is 2.70.